The molecule has 6 nitrogen and oxygen atoms in total. The number of benzene rings is 1. The minimum Gasteiger partial charge on any atom is -0.463 e. The molecule has 1 aromatic carbocycles. The van der Waals surface area contributed by atoms with Crippen LogP contribution >= 0.6 is 0 Å². The summed E-state index contributed by atoms with van der Waals surface area (Å²) in [4.78, 5) is 13.1. The van der Waals surface area contributed by atoms with Gasteiger partial charge in [-0.25, -0.2) is 4.68 Å². The fourth-order valence-corrected chi connectivity index (χ4v) is 4.29. The van der Waals surface area contributed by atoms with Crippen molar-refractivity contribution >= 4 is 5.91 Å². The number of hydrogen-bond donors (Lipinski definition) is 2. The molecule has 4 heterocycles. The zero-order valence-electron chi connectivity index (χ0n) is 15.0. The Hall–Kier alpha value is -2.86. The Morgan fingerprint density at radius 1 is 1.11 bits per heavy atom. The number of carbonyl (C=O) groups is 1. The predicted octanol–water partition coefficient (Wildman–Crippen LogP) is 3.15. The molecule has 2 fully saturated rings. The minimum atomic E-state index is -0.0875. The highest BCUT2D eigenvalue weighted by Gasteiger charge is 2.34. The first-order valence-electron chi connectivity index (χ1n) is 9.52. The highest BCUT2D eigenvalue weighted by Crippen LogP contribution is 2.27. The number of amides is 1. The normalized spacial score (nSPS) is 24.1. The number of aromatic nitrogens is 2. The van der Waals surface area contributed by atoms with Gasteiger partial charge in [-0.15, -0.1) is 0 Å². The van der Waals surface area contributed by atoms with Gasteiger partial charge < -0.3 is 15.1 Å². The van der Waals surface area contributed by atoms with E-state index >= 15 is 0 Å². The molecular formula is C21H22N4O2. The first-order chi connectivity index (χ1) is 13.3. The van der Waals surface area contributed by atoms with Crippen LogP contribution in [0.1, 0.15) is 36.2 Å². The van der Waals surface area contributed by atoms with E-state index in [0.717, 1.165) is 18.5 Å². The Labute approximate surface area is 157 Å². The summed E-state index contributed by atoms with van der Waals surface area (Å²) >= 11 is 0. The van der Waals surface area contributed by atoms with E-state index in [1.54, 1.807) is 17.0 Å². The van der Waals surface area contributed by atoms with Gasteiger partial charge in [0.2, 0.25) is 0 Å². The number of nitrogens with one attached hydrogen (secondary N) is 2. The Morgan fingerprint density at radius 2 is 1.89 bits per heavy atom. The van der Waals surface area contributed by atoms with Crippen molar-refractivity contribution in [2.45, 2.75) is 43.8 Å². The molecule has 0 radical (unpaired) electrons. The molecule has 2 unspecified atom stereocenters. The van der Waals surface area contributed by atoms with Gasteiger partial charge in [-0.3, -0.25) is 4.79 Å². The lowest BCUT2D eigenvalue weighted by Crippen LogP contribution is -2.48. The molecule has 27 heavy (non-hydrogen) atoms. The summed E-state index contributed by atoms with van der Waals surface area (Å²) < 4.78 is 7.17. The topological polar surface area (TPSA) is 72.1 Å². The van der Waals surface area contributed by atoms with Crippen LogP contribution in [-0.4, -0.2) is 33.8 Å². The Bertz CT molecular complexity index is 921. The molecule has 6 heteroatoms. The molecule has 3 aromatic rings. The third-order valence-electron chi connectivity index (χ3n) is 5.52. The molecule has 2 bridgehead atoms. The van der Waals surface area contributed by atoms with Gasteiger partial charge in [0.15, 0.2) is 5.76 Å². The van der Waals surface area contributed by atoms with Gasteiger partial charge >= 0.3 is 0 Å². The zero-order valence-corrected chi connectivity index (χ0v) is 15.0. The summed E-state index contributed by atoms with van der Waals surface area (Å²) in [5, 5.41) is 11.5. The van der Waals surface area contributed by atoms with Crippen LogP contribution in [0, 0.1) is 0 Å². The first-order valence-corrected chi connectivity index (χ1v) is 9.52. The standard InChI is InChI=1S/C21H22N4O2/c26-21(23-16-11-14-8-9-15(12-16)22-14)19-13-18(20-7-4-10-27-20)24-25(19)17-5-2-1-3-6-17/h1-7,10,13-16,22H,8-9,11-12H2,(H,23,26). The molecule has 0 aliphatic carbocycles. The predicted molar refractivity (Wildman–Crippen MR) is 102 cm³/mol. The van der Waals surface area contributed by atoms with Crippen LogP contribution < -0.4 is 10.6 Å². The quantitative estimate of drug-likeness (QED) is 0.748. The number of carbonyl (C=O) groups excluding carboxylic acids is 1. The van der Waals surface area contributed by atoms with Crippen molar-refractivity contribution in [2.24, 2.45) is 0 Å². The van der Waals surface area contributed by atoms with Crippen LogP contribution in [0.2, 0.25) is 0 Å². The summed E-state index contributed by atoms with van der Waals surface area (Å²) in [6, 6.07) is 16.5. The molecular weight excluding hydrogens is 340 g/mol. The average molecular weight is 362 g/mol. The van der Waals surface area contributed by atoms with Crippen LogP contribution in [-0.2, 0) is 0 Å². The molecule has 2 N–H and O–H groups in total. The third-order valence-corrected chi connectivity index (χ3v) is 5.52. The maximum absolute atomic E-state index is 13.1. The number of para-hydroxylation sites is 1. The van der Waals surface area contributed by atoms with E-state index in [0.29, 0.717) is 29.2 Å². The molecule has 138 valence electrons. The van der Waals surface area contributed by atoms with Crippen molar-refractivity contribution in [3.05, 3.63) is 60.5 Å². The third kappa shape index (κ3) is 3.17. The first kappa shape index (κ1) is 16.3. The van der Waals surface area contributed by atoms with E-state index in [1.807, 2.05) is 42.5 Å². The number of rotatable bonds is 4. The molecule has 0 spiro atoms. The zero-order chi connectivity index (χ0) is 18.2. The fraction of sp³-hybridized carbons (Fsp3) is 0.333. The van der Waals surface area contributed by atoms with Crippen LogP contribution in [0.25, 0.3) is 17.1 Å². The summed E-state index contributed by atoms with van der Waals surface area (Å²) in [5.74, 6) is 0.564. The largest absolute Gasteiger partial charge is 0.463 e. The fourth-order valence-electron chi connectivity index (χ4n) is 4.29. The van der Waals surface area contributed by atoms with E-state index in [1.165, 1.54) is 12.8 Å². The summed E-state index contributed by atoms with van der Waals surface area (Å²) in [7, 11) is 0. The van der Waals surface area contributed by atoms with Gasteiger partial charge in [0.25, 0.3) is 5.91 Å². The van der Waals surface area contributed by atoms with Crippen molar-refractivity contribution in [1.82, 2.24) is 20.4 Å². The summed E-state index contributed by atoms with van der Waals surface area (Å²) in [5.41, 5.74) is 2.03. The van der Waals surface area contributed by atoms with E-state index < -0.39 is 0 Å². The minimum absolute atomic E-state index is 0.0875. The monoisotopic (exact) mass is 362 g/mol. The lowest BCUT2D eigenvalue weighted by atomic mass is 10.00. The van der Waals surface area contributed by atoms with Crippen molar-refractivity contribution in [3.63, 3.8) is 0 Å². The highest BCUT2D eigenvalue weighted by atomic mass is 16.3. The number of fused-ring (bicyclic) bond motifs is 2. The summed E-state index contributed by atoms with van der Waals surface area (Å²) in [6.45, 7) is 0. The molecule has 2 atom stereocenters. The van der Waals surface area contributed by atoms with E-state index in [9.17, 15) is 4.79 Å². The lowest BCUT2D eigenvalue weighted by molar-refractivity contribution is 0.0916. The number of nitrogens with zero attached hydrogens (tertiary/aromatic N) is 2. The molecule has 5 rings (SSSR count). The smallest absolute Gasteiger partial charge is 0.270 e. The van der Waals surface area contributed by atoms with Crippen molar-refractivity contribution in [3.8, 4) is 17.1 Å². The van der Waals surface area contributed by atoms with Gasteiger partial charge in [-0.2, -0.15) is 5.10 Å². The van der Waals surface area contributed by atoms with Gasteiger partial charge in [0, 0.05) is 24.2 Å². The summed E-state index contributed by atoms with van der Waals surface area (Å²) in [6.07, 6.45) is 6.02. The van der Waals surface area contributed by atoms with Crippen LogP contribution in [0.4, 0.5) is 0 Å². The van der Waals surface area contributed by atoms with Crippen molar-refractivity contribution in [2.75, 3.05) is 0 Å². The van der Waals surface area contributed by atoms with Crippen LogP contribution in [0.3, 0.4) is 0 Å². The van der Waals surface area contributed by atoms with Gasteiger partial charge in [-0.1, -0.05) is 18.2 Å². The second kappa shape index (κ2) is 6.70. The van der Waals surface area contributed by atoms with Crippen LogP contribution in [0.5, 0.6) is 0 Å². The second-order valence-electron chi connectivity index (χ2n) is 7.42. The van der Waals surface area contributed by atoms with E-state index in [2.05, 4.69) is 15.7 Å². The van der Waals surface area contributed by atoms with Crippen molar-refractivity contribution < 1.29 is 9.21 Å². The molecule has 2 saturated heterocycles. The average Bonchev–Trinajstić information content (AvgIpc) is 3.42. The Kier molecular flexibility index (Phi) is 4.05. The van der Waals surface area contributed by atoms with E-state index in [-0.39, 0.29) is 11.9 Å². The molecule has 2 aliphatic heterocycles. The highest BCUT2D eigenvalue weighted by molar-refractivity contribution is 5.94. The maximum atomic E-state index is 13.1. The van der Waals surface area contributed by atoms with Crippen molar-refractivity contribution in [1.29, 1.82) is 0 Å². The number of hydrogen-bond acceptors (Lipinski definition) is 4. The second-order valence-corrected chi connectivity index (χ2v) is 7.42. The van der Waals surface area contributed by atoms with Crippen LogP contribution in [0.15, 0.2) is 59.2 Å². The Morgan fingerprint density at radius 3 is 2.59 bits per heavy atom. The molecule has 0 saturated carbocycles. The number of furan rings is 1. The van der Waals surface area contributed by atoms with E-state index in [4.69, 9.17) is 4.42 Å². The lowest BCUT2D eigenvalue weighted by Gasteiger charge is -2.29. The molecule has 2 aromatic heterocycles. The maximum Gasteiger partial charge on any atom is 0.270 e. The number of piperidine rings is 1. The molecule has 1 amide bonds. The van der Waals surface area contributed by atoms with Gasteiger partial charge in [-0.05, 0) is 49.9 Å². The van der Waals surface area contributed by atoms with Gasteiger partial charge in [0.1, 0.15) is 11.4 Å². The Balaban J connectivity index is 1.45. The molecule has 2 aliphatic rings. The van der Waals surface area contributed by atoms with Gasteiger partial charge in [0.05, 0.1) is 12.0 Å². The SMILES string of the molecule is O=C(NC1CC2CCC(C1)N2)c1cc(-c2ccco2)nn1-c1ccccc1.